The summed E-state index contributed by atoms with van der Waals surface area (Å²) in [4.78, 5) is 13.2. The van der Waals surface area contributed by atoms with Gasteiger partial charge in [-0.2, -0.15) is 0 Å². The Morgan fingerprint density at radius 2 is 1.89 bits per heavy atom. The number of nitrogen functional groups attached to an aromatic ring is 1. The molecule has 0 radical (unpaired) electrons. The molecule has 0 bridgehead atoms. The highest BCUT2D eigenvalue weighted by atomic mass is 15.2. The number of hydrogen-bond acceptors (Lipinski definition) is 5. The highest BCUT2D eigenvalue weighted by molar-refractivity contribution is 5.60. The molecule has 3 heterocycles. The van der Waals surface area contributed by atoms with Gasteiger partial charge in [-0.05, 0) is 44.7 Å². The van der Waals surface area contributed by atoms with Gasteiger partial charge in [0.1, 0.15) is 6.33 Å². The Morgan fingerprint density at radius 1 is 1.16 bits per heavy atom. The summed E-state index contributed by atoms with van der Waals surface area (Å²) in [5.74, 6) is 1.76. The largest absolute Gasteiger partial charge is 0.394 e. The predicted molar refractivity (Wildman–Crippen MR) is 77.1 cm³/mol. The van der Waals surface area contributed by atoms with E-state index in [0.717, 1.165) is 24.8 Å². The molecule has 19 heavy (non-hydrogen) atoms. The number of hydrogen-bond donors (Lipinski definition) is 1. The molecule has 5 nitrogen and oxygen atoms in total. The van der Waals surface area contributed by atoms with Crippen LogP contribution in [0, 0.1) is 5.92 Å². The van der Waals surface area contributed by atoms with E-state index in [0.29, 0.717) is 5.69 Å². The minimum atomic E-state index is 0.695. The second-order valence-corrected chi connectivity index (χ2v) is 5.74. The standard InChI is InChI=1S/C14H23N5/c15-13-9-16-11-17-14(13)19-7-3-12(4-8-19)10-18-5-1-2-6-18/h9,11-12H,1-8,10,15H2. The number of nitrogens with zero attached hydrogens (tertiary/aromatic N) is 4. The summed E-state index contributed by atoms with van der Waals surface area (Å²) in [6.45, 7) is 6.03. The Bertz CT molecular complexity index is 408. The average molecular weight is 261 g/mol. The number of nitrogens with two attached hydrogens (primary N) is 1. The summed E-state index contributed by atoms with van der Waals surface area (Å²) in [6, 6.07) is 0. The maximum absolute atomic E-state index is 5.94. The average Bonchev–Trinajstić information content (AvgIpc) is 2.93. The van der Waals surface area contributed by atoms with Crippen molar-refractivity contribution < 1.29 is 0 Å². The Balaban J connectivity index is 1.53. The summed E-state index contributed by atoms with van der Waals surface area (Å²) < 4.78 is 0. The van der Waals surface area contributed by atoms with Crippen molar-refractivity contribution in [2.45, 2.75) is 25.7 Å². The zero-order valence-corrected chi connectivity index (χ0v) is 11.5. The van der Waals surface area contributed by atoms with Gasteiger partial charge in [0.15, 0.2) is 5.82 Å². The lowest BCUT2D eigenvalue weighted by atomic mass is 9.96. The molecule has 2 fully saturated rings. The lowest BCUT2D eigenvalue weighted by Crippen LogP contribution is -2.38. The van der Waals surface area contributed by atoms with Gasteiger partial charge < -0.3 is 15.5 Å². The van der Waals surface area contributed by atoms with Gasteiger partial charge in [0.05, 0.1) is 11.9 Å². The maximum atomic E-state index is 5.94. The van der Waals surface area contributed by atoms with E-state index in [2.05, 4.69) is 19.8 Å². The molecule has 2 saturated heterocycles. The topological polar surface area (TPSA) is 58.3 Å². The summed E-state index contributed by atoms with van der Waals surface area (Å²) in [5, 5.41) is 0. The second-order valence-electron chi connectivity index (χ2n) is 5.74. The first kappa shape index (κ1) is 12.7. The van der Waals surface area contributed by atoms with Gasteiger partial charge >= 0.3 is 0 Å². The van der Waals surface area contributed by atoms with Crippen molar-refractivity contribution >= 4 is 11.5 Å². The molecular formula is C14H23N5. The van der Waals surface area contributed by atoms with E-state index in [-0.39, 0.29) is 0 Å². The van der Waals surface area contributed by atoms with Crippen LogP contribution in [0.3, 0.4) is 0 Å². The van der Waals surface area contributed by atoms with E-state index in [1.165, 1.54) is 45.3 Å². The number of aromatic nitrogens is 2. The van der Waals surface area contributed by atoms with Gasteiger partial charge in [-0.25, -0.2) is 9.97 Å². The normalized spacial score (nSPS) is 22.0. The zero-order valence-electron chi connectivity index (χ0n) is 11.5. The molecule has 0 unspecified atom stereocenters. The first-order valence-electron chi connectivity index (χ1n) is 7.36. The third-order valence-corrected chi connectivity index (χ3v) is 4.35. The lowest BCUT2D eigenvalue weighted by molar-refractivity contribution is 0.249. The number of anilines is 2. The van der Waals surface area contributed by atoms with Gasteiger partial charge in [0, 0.05) is 19.6 Å². The summed E-state index contributed by atoms with van der Waals surface area (Å²) in [6.07, 6.45) is 8.55. The van der Waals surface area contributed by atoms with Crippen molar-refractivity contribution in [3.63, 3.8) is 0 Å². The molecule has 0 aliphatic carbocycles. The fraction of sp³-hybridized carbons (Fsp3) is 0.714. The fourth-order valence-corrected chi connectivity index (χ4v) is 3.26. The highest BCUT2D eigenvalue weighted by Gasteiger charge is 2.24. The smallest absolute Gasteiger partial charge is 0.155 e. The van der Waals surface area contributed by atoms with Crippen molar-refractivity contribution in [3.05, 3.63) is 12.5 Å². The SMILES string of the molecule is Nc1cncnc1N1CCC(CN2CCCC2)CC1. The lowest BCUT2D eigenvalue weighted by Gasteiger charge is -2.34. The summed E-state index contributed by atoms with van der Waals surface area (Å²) in [7, 11) is 0. The first-order valence-corrected chi connectivity index (χ1v) is 7.36. The molecule has 1 aromatic heterocycles. The molecule has 2 aliphatic rings. The van der Waals surface area contributed by atoms with Crippen LogP contribution < -0.4 is 10.6 Å². The molecule has 0 atom stereocenters. The molecule has 5 heteroatoms. The van der Waals surface area contributed by atoms with Gasteiger partial charge in [-0.15, -0.1) is 0 Å². The molecule has 2 aliphatic heterocycles. The van der Waals surface area contributed by atoms with Crippen molar-refractivity contribution in [1.82, 2.24) is 14.9 Å². The quantitative estimate of drug-likeness (QED) is 0.890. The minimum Gasteiger partial charge on any atom is -0.394 e. The zero-order chi connectivity index (χ0) is 13.1. The summed E-state index contributed by atoms with van der Waals surface area (Å²) in [5.41, 5.74) is 6.64. The molecule has 0 spiro atoms. The van der Waals surface area contributed by atoms with Crippen LogP contribution in [0.15, 0.2) is 12.5 Å². The van der Waals surface area contributed by atoms with Crippen molar-refractivity contribution in [2.75, 3.05) is 43.4 Å². The van der Waals surface area contributed by atoms with Crippen LogP contribution in [0.2, 0.25) is 0 Å². The van der Waals surface area contributed by atoms with Crippen LogP contribution in [0.25, 0.3) is 0 Å². The van der Waals surface area contributed by atoms with Crippen LogP contribution in [0.4, 0.5) is 11.5 Å². The minimum absolute atomic E-state index is 0.695. The van der Waals surface area contributed by atoms with Gasteiger partial charge in [-0.1, -0.05) is 0 Å². The highest BCUT2D eigenvalue weighted by Crippen LogP contribution is 2.26. The van der Waals surface area contributed by atoms with Gasteiger partial charge in [0.25, 0.3) is 0 Å². The number of rotatable bonds is 3. The van der Waals surface area contributed by atoms with E-state index < -0.39 is 0 Å². The first-order chi connectivity index (χ1) is 9.33. The van der Waals surface area contributed by atoms with Gasteiger partial charge in [-0.3, -0.25) is 0 Å². The molecule has 0 saturated carbocycles. The van der Waals surface area contributed by atoms with Crippen LogP contribution in [0.5, 0.6) is 0 Å². The van der Waals surface area contributed by atoms with E-state index in [4.69, 9.17) is 5.73 Å². The van der Waals surface area contributed by atoms with E-state index in [9.17, 15) is 0 Å². The molecule has 2 N–H and O–H groups in total. The van der Waals surface area contributed by atoms with E-state index >= 15 is 0 Å². The third-order valence-electron chi connectivity index (χ3n) is 4.35. The Kier molecular flexibility index (Phi) is 3.82. The molecule has 3 rings (SSSR count). The third kappa shape index (κ3) is 2.97. The fourth-order valence-electron chi connectivity index (χ4n) is 3.26. The Labute approximate surface area is 114 Å². The summed E-state index contributed by atoms with van der Waals surface area (Å²) >= 11 is 0. The Morgan fingerprint density at radius 3 is 2.58 bits per heavy atom. The second kappa shape index (κ2) is 5.74. The number of piperidine rings is 1. The van der Waals surface area contributed by atoms with Crippen LogP contribution in [0.1, 0.15) is 25.7 Å². The van der Waals surface area contributed by atoms with Crippen molar-refractivity contribution in [2.24, 2.45) is 5.92 Å². The molecule has 0 amide bonds. The molecular weight excluding hydrogens is 238 g/mol. The molecule has 104 valence electrons. The van der Waals surface area contributed by atoms with Gasteiger partial charge in [0.2, 0.25) is 0 Å². The van der Waals surface area contributed by atoms with Crippen LogP contribution in [-0.4, -0.2) is 47.6 Å². The van der Waals surface area contributed by atoms with Crippen molar-refractivity contribution in [1.29, 1.82) is 0 Å². The molecule has 0 aromatic carbocycles. The van der Waals surface area contributed by atoms with Crippen LogP contribution in [-0.2, 0) is 0 Å². The molecule has 1 aromatic rings. The predicted octanol–water partition coefficient (Wildman–Crippen LogP) is 1.37. The maximum Gasteiger partial charge on any atom is 0.155 e. The number of likely N-dealkylation sites (tertiary alicyclic amines) is 1. The Hall–Kier alpha value is -1.36. The monoisotopic (exact) mass is 261 g/mol. The van der Waals surface area contributed by atoms with E-state index in [1.54, 1.807) is 12.5 Å². The van der Waals surface area contributed by atoms with Crippen LogP contribution >= 0.6 is 0 Å². The van der Waals surface area contributed by atoms with Crippen molar-refractivity contribution in [3.8, 4) is 0 Å². The van der Waals surface area contributed by atoms with E-state index in [1.807, 2.05) is 0 Å².